The molecule has 0 saturated carbocycles. The molecular formula is C24H27NO7. The van der Waals surface area contributed by atoms with Crippen LogP contribution in [-0.4, -0.2) is 66.9 Å². The van der Waals surface area contributed by atoms with Crippen LogP contribution in [0.4, 0.5) is 0 Å². The molecule has 170 valence electrons. The normalized spacial score (nSPS) is 17.6. The molecule has 8 nitrogen and oxygen atoms in total. The van der Waals surface area contributed by atoms with Crippen molar-refractivity contribution in [2.45, 2.75) is 13.0 Å². The Hall–Kier alpha value is -3.36. The maximum Gasteiger partial charge on any atom is 0.295 e. The van der Waals surface area contributed by atoms with Crippen LogP contribution in [0.15, 0.2) is 54.1 Å². The predicted molar refractivity (Wildman–Crippen MR) is 118 cm³/mol. The van der Waals surface area contributed by atoms with Crippen molar-refractivity contribution >= 4 is 17.4 Å². The highest BCUT2D eigenvalue weighted by Crippen LogP contribution is 2.42. The number of amides is 1. The number of ketones is 1. The molecule has 0 spiro atoms. The number of para-hydroxylation sites is 1. The van der Waals surface area contributed by atoms with E-state index < -0.39 is 17.7 Å². The van der Waals surface area contributed by atoms with Crippen molar-refractivity contribution in [3.63, 3.8) is 0 Å². The standard InChI is InChI=1S/C24H27NO7/c1-3-32-17-10-8-16(9-11-17)22(27)20-21(18-6-4-5-7-19(18)30-2)25(24(29)23(20)28)12-14-31-15-13-26/h4-11,21,26-27H,3,12-15H2,1-2H3. The Balaban J connectivity index is 2.07. The van der Waals surface area contributed by atoms with Crippen molar-refractivity contribution < 1.29 is 34.0 Å². The second-order valence-corrected chi connectivity index (χ2v) is 7.03. The Morgan fingerprint density at radius 1 is 1.06 bits per heavy atom. The van der Waals surface area contributed by atoms with Crippen LogP contribution >= 0.6 is 0 Å². The van der Waals surface area contributed by atoms with Gasteiger partial charge in [0, 0.05) is 17.7 Å². The van der Waals surface area contributed by atoms with Gasteiger partial charge >= 0.3 is 0 Å². The molecule has 2 aromatic rings. The first kappa shape index (κ1) is 23.3. The molecule has 3 rings (SSSR count). The molecule has 0 aromatic heterocycles. The fraction of sp³-hybridized carbons (Fsp3) is 0.333. The summed E-state index contributed by atoms with van der Waals surface area (Å²) in [6.07, 6.45) is 0. The Labute approximate surface area is 186 Å². The summed E-state index contributed by atoms with van der Waals surface area (Å²) in [5, 5.41) is 20.0. The van der Waals surface area contributed by atoms with Gasteiger partial charge in [-0.25, -0.2) is 0 Å². The van der Waals surface area contributed by atoms with Crippen molar-refractivity contribution in [2.75, 3.05) is 40.1 Å². The first-order valence-corrected chi connectivity index (χ1v) is 10.4. The number of benzene rings is 2. The zero-order chi connectivity index (χ0) is 23.1. The van der Waals surface area contributed by atoms with E-state index in [4.69, 9.17) is 19.3 Å². The predicted octanol–water partition coefficient (Wildman–Crippen LogP) is 2.52. The minimum Gasteiger partial charge on any atom is -0.507 e. The molecule has 1 amide bonds. The van der Waals surface area contributed by atoms with Gasteiger partial charge in [0.1, 0.15) is 17.3 Å². The minimum absolute atomic E-state index is 0.0224. The average molecular weight is 441 g/mol. The average Bonchev–Trinajstić information content (AvgIpc) is 3.06. The Morgan fingerprint density at radius 3 is 2.44 bits per heavy atom. The van der Waals surface area contributed by atoms with Crippen molar-refractivity contribution in [1.29, 1.82) is 0 Å². The van der Waals surface area contributed by atoms with Crippen LogP contribution in [0.2, 0.25) is 0 Å². The van der Waals surface area contributed by atoms with Gasteiger partial charge in [-0.15, -0.1) is 0 Å². The Morgan fingerprint density at radius 2 is 1.78 bits per heavy atom. The summed E-state index contributed by atoms with van der Waals surface area (Å²) in [5.74, 6) is -0.679. The van der Waals surface area contributed by atoms with E-state index >= 15 is 0 Å². The molecule has 8 heteroatoms. The summed E-state index contributed by atoms with van der Waals surface area (Å²) in [4.78, 5) is 27.3. The van der Waals surface area contributed by atoms with Gasteiger partial charge < -0.3 is 29.3 Å². The lowest BCUT2D eigenvalue weighted by molar-refractivity contribution is -0.140. The molecule has 1 aliphatic heterocycles. The van der Waals surface area contributed by atoms with E-state index in [0.29, 0.717) is 29.2 Å². The largest absolute Gasteiger partial charge is 0.507 e. The number of rotatable bonds is 10. The SMILES string of the molecule is CCOc1ccc(C(O)=C2C(=O)C(=O)N(CCOCCO)C2c2ccccc2OC)cc1. The maximum atomic E-state index is 13.0. The van der Waals surface area contributed by atoms with Gasteiger partial charge in [0.2, 0.25) is 0 Å². The van der Waals surface area contributed by atoms with Crippen molar-refractivity contribution in [2.24, 2.45) is 0 Å². The highest BCUT2D eigenvalue weighted by molar-refractivity contribution is 6.46. The summed E-state index contributed by atoms with van der Waals surface area (Å²) < 4.78 is 16.2. The second-order valence-electron chi connectivity index (χ2n) is 7.03. The number of aliphatic hydroxyl groups is 2. The minimum atomic E-state index is -0.851. The molecule has 2 aromatic carbocycles. The highest BCUT2D eigenvalue weighted by atomic mass is 16.5. The van der Waals surface area contributed by atoms with Gasteiger partial charge in [0.05, 0.1) is 45.2 Å². The van der Waals surface area contributed by atoms with Gasteiger partial charge in [-0.1, -0.05) is 18.2 Å². The zero-order valence-electron chi connectivity index (χ0n) is 18.1. The van der Waals surface area contributed by atoms with Crippen LogP contribution in [0.3, 0.4) is 0 Å². The fourth-order valence-corrected chi connectivity index (χ4v) is 3.69. The molecule has 1 heterocycles. The van der Waals surface area contributed by atoms with Crippen LogP contribution in [0.5, 0.6) is 11.5 Å². The first-order chi connectivity index (χ1) is 15.5. The highest BCUT2D eigenvalue weighted by Gasteiger charge is 2.46. The number of carbonyl (C=O) groups is 2. The van der Waals surface area contributed by atoms with Crippen LogP contribution < -0.4 is 9.47 Å². The summed E-state index contributed by atoms with van der Waals surface area (Å²) in [6, 6.07) is 12.8. The summed E-state index contributed by atoms with van der Waals surface area (Å²) in [6.45, 7) is 2.58. The van der Waals surface area contributed by atoms with Crippen LogP contribution in [0.25, 0.3) is 5.76 Å². The number of hydrogen-bond acceptors (Lipinski definition) is 7. The van der Waals surface area contributed by atoms with Crippen molar-refractivity contribution in [3.8, 4) is 11.5 Å². The molecule has 1 atom stereocenters. The van der Waals surface area contributed by atoms with E-state index in [9.17, 15) is 14.7 Å². The fourth-order valence-electron chi connectivity index (χ4n) is 3.69. The molecule has 1 saturated heterocycles. The van der Waals surface area contributed by atoms with E-state index in [0.717, 1.165) is 0 Å². The lowest BCUT2D eigenvalue weighted by Gasteiger charge is -2.26. The van der Waals surface area contributed by atoms with Gasteiger partial charge in [0.25, 0.3) is 11.7 Å². The number of nitrogens with zero attached hydrogens (tertiary/aromatic N) is 1. The summed E-state index contributed by atoms with van der Waals surface area (Å²) >= 11 is 0. The molecule has 0 radical (unpaired) electrons. The van der Waals surface area contributed by atoms with Gasteiger partial charge in [-0.2, -0.15) is 0 Å². The maximum absolute atomic E-state index is 13.0. The first-order valence-electron chi connectivity index (χ1n) is 10.4. The van der Waals surface area contributed by atoms with Crippen LogP contribution in [0.1, 0.15) is 24.1 Å². The third kappa shape index (κ3) is 4.76. The monoisotopic (exact) mass is 441 g/mol. The van der Waals surface area contributed by atoms with Crippen molar-refractivity contribution in [1.82, 2.24) is 4.90 Å². The quantitative estimate of drug-likeness (QED) is 0.253. The van der Waals surface area contributed by atoms with E-state index in [1.54, 1.807) is 48.5 Å². The van der Waals surface area contributed by atoms with E-state index in [-0.39, 0.29) is 37.7 Å². The number of Topliss-reactive ketones (excluding diaryl/α,β-unsaturated/α-hetero) is 1. The molecule has 1 unspecified atom stereocenters. The molecule has 1 aliphatic rings. The smallest absolute Gasteiger partial charge is 0.295 e. The molecular weight excluding hydrogens is 414 g/mol. The van der Waals surface area contributed by atoms with Gasteiger partial charge in [-0.3, -0.25) is 9.59 Å². The third-order valence-corrected chi connectivity index (χ3v) is 5.12. The number of methoxy groups -OCH3 is 1. The zero-order valence-corrected chi connectivity index (χ0v) is 18.1. The molecule has 2 N–H and O–H groups in total. The van der Waals surface area contributed by atoms with E-state index in [2.05, 4.69) is 0 Å². The van der Waals surface area contributed by atoms with Crippen molar-refractivity contribution in [3.05, 3.63) is 65.2 Å². The Bertz CT molecular complexity index is 984. The number of hydrogen-bond donors (Lipinski definition) is 2. The molecule has 0 aliphatic carbocycles. The molecule has 0 bridgehead atoms. The number of aliphatic hydroxyl groups excluding tert-OH is 2. The molecule has 1 fully saturated rings. The van der Waals surface area contributed by atoms with E-state index in [1.807, 2.05) is 6.92 Å². The van der Waals surface area contributed by atoms with E-state index in [1.165, 1.54) is 12.0 Å². The van der Waals surface area contributed by atoms with Crippen LogP contribution in [-0.2, 0) is 14.3 Å². The topological polar surface area (TPSA) is 106 Å². The number of ether oxygens (including phenoxy) is 3. The van der Waals surface area contributed by atoms with Gasteiger partial charge in [0.15, 0.2) is 0 Å². The third-order valence-electron chi connectivity index (χ3n) is 5.12. The van der Waals surface area contributed by atoms with Gasteiger partial charge in [-0.05, 0) is 37.3 Å². The summed E-state index contributed by atoms with van der Waals surface area (Å²) in [7, 11) is 1.50. The second kappa shape index (κ2) is 10.8. The number of carbonyl (C=O) groups excluding carboxylic acids is 2. The Kier molecular flexibility index (Phi) is 7.86. The summed E-state index contributed by atoms with van der Waals surface area (Å²) in [5.41, 5.74) is 0.942. The lowest BCUT2D eigenvalue weighted by atomic mass is 9.94. The van der Waals surface area contributed by atoms with Crippen LogP contribution in [0, 0.1) is 0 Å². The lowest BCUT2D eigenvalue weighted by Crippen LogP contribution is -2.33. The number of likely N-dealkylation sites (tertiary alicyclic amines) is 1. The molecule has 32 heavy (non-hydrogen) atoms.